The van der Waals surface area contributed by atoms with Crippen LogP contribution in [-0.2, 0) is 9.59 Å². The summed E-state index contributed by atoms with van der Waals surface area (Å²) in [7, 11) is 0. The van der Waals surface area contributed by atoms with Crippen molar-refractivity contribution in [3.63, 3.8) is 0 Å². The molecule has 1 aliphatic heterocycles. The Morgan fingerprint density at radius 2 is 1.79 bits per heavy atom. The van der Waals surface area contributed by atoms with Gasteiger partial charge >= 0.3 is 5.97 Å². The molecular formula is C15H25NO3. The molecule has 0 aromatic heterocycles. The minimum Gasteiger partial charge on any atom is -0.481 e. The van der Waals surface area contributed by atoms with Crippen LogP contribution in [0.25, 0.3) is 0 Å². The van der Waals surface area contributed by atoms with Gasteiger partial charge < -0.3 is 10.0 Å². The maximum atomic E-state index is 12.8. The van der Waals surface area contributed by atoms with Crippen molar-refractivity contribution >= 4 is 11.9 Å². The molecule has 4 heteroatoms. The van der Waals surface area contributed by atoms with E-state index in [2.05, 4.69) is 13.8 Å². The van der Waals surface area contributed by atoms with Gasteiger partial charge in [0.2, 0.25) is 5.91 Å². The van der Waals surface area contributed by atoms with Crippen molar-refractivity contribution in [2.24, 2.45) is 17.8 Å². The molecule has 2 fully saturated rings. The number of amides is 1. The van der Waals surface area contributed by atoms with Gasteiger partial charge in [-0.05, 0) is 44.9 Å². The molecule has 0 radical (unpaired) electrons. The lowest BCUT2D eigenvalue weighted by molar-refractivity contribution is -0.150. The number of nitrogens with zero attached hydrogens (tertiary/aromatic N) is 1. The first kappa shape index (κ1) is 14.4. The number of aliphatic carboxylic acids is 1. The van der Waals surface area contributed by atoms with Gasteiger partial charge in [0, 0.05) is 12.1 Å². The van der Waals surface area contributed by atoms with E-state index >= 15 is 0 Å². The van der Waals surface area contributed by atoms with E-state index in [1.165, 1.54) is 0 Å². The van der Waals surface area contributed by atoms with Gasteiger partial charge in [0.05, 0.1) is 11.8 Å². The Labute approximate surface area is 115 Å². The highest BCUT2D eigenvalue weighted by molar-refractivity contribution is 5.86. The Morgan fingerprint density at radius 3 is 2.37 bits per heavy atom. The zero-order valence-electron chi connectivity index (χ0n) is 12.1. The third-order valence-electron chi connectivity index (χ3n) is 4.94. The maximum Gasteiger partial charge on any atom is 0.307 e. The summed E-state index contributed by atoms with van der Waals surface area (Å²) >= 11 is 0. The van der Waals surface area contributed by atoms with E-state index in [9.17, 15) is 14.7 Å². The molecule has 0 spiro atoms. The molecule has 2 aliphatic rings. The van der Waals surface area contributed by atoms with Gasteiger partial charge in [-0.2, -0.15) is 0 Å². The highest BCUT2D eigenvalue weighted by Gasteiger charge is 2.45. The average Bonchev–Trinajstić information content (AvgIpc) is 2.91. The van der Waals surface area contributed by atoms with Crippen LogP contribution in [0.2, 0.25) is 0 Å². The molecule has 1 amide bonds. The Bertz CT molecular complexity index is 368. The molecule has 5 atom stereocenters. The topological polar surface area (TPSA) is 57.6 Å². The number of carboxylic acid groups (broad SMARTS) is 1. The number of carboxylic acids is 1. The van der Waals surface area contributed by atoms with E-state index < -0.39 is 11.9 Å². The first-order chi connectivity index (χ1) is 8.95. The van der Waals surface area contributed by atoms with Crippen LogP contribution in [-0.4, -0.2) is 34.0 Å². The number of hydrogen-bond acceptors (Lipinski definition) is 2. The summed E-state index contributed by atoms with van der Waals surface area (Å²) in [6, 6.07) is 0.579. The van der Waals surface area contributed by atoms with Crippen molar-refractivity contribution in [3.05, 3.63) is 0 Å². The number of rotatable bonds is 3. The minimum atomic E-state index is -0.803. The standard InChI is InChI=1S/C15H25NO3/c1-4-11-6-5-10(3)16(11)14(17)12-7-9(2)8-13(12)15(18)19/h9-13H,4-8H2,1-3H3,(H,18,19). The average molecular weight is 267 g/mol. The SMILES string of the molecule is CCC1CCC(C)N1C(=O)C1CC(C)CC1C(=O)O. The van der Waals surface area contributed by atoms with Crippen LogP contribution < -0.4 is 0 Å². The monoisotopic (exact) mass is 267 g/mol. The highest BCUT2D eigenvalue weighted by Crippen LogP contribution is 2.39. The molecule has 1 saturated carbocycles. The number of carbonyl (C=O) groups is 2. The van der Waals surface area contributed by atoms with Crippen LogP contribution in [0.15, 0.2) is 0 Å². The fourth-order valence-corrected chi connectivity index (χ4v) is 3.90. The molecule has 2 rings (SSSR count). The minimum absolute atomic E-state index is 0.0913. The van der Waals surface area contributed by atoms with Gasteiger partial charge in [-0.25, -0.2) is 0 Å². The number of hydrogen-bond donors (Lipinski definition) is 1. The van der Waals surface area contributed by atoms with E-state index in [1.807, 2.05) is 11.8 Å². The van der Waals surface area contributed by atoms with Crippen LogP contribution >= 0.6 is 0 Å². The Kier molecular flexibility index (Phi) is 4.16. The van der Waals surface area contributed by atoms with E-state index in [1.54, 1.807) is 0 Å². The van der Waals surface area contributed by atoms with Crippen LogP contribution in [0.3, 0.4) is 0 Å². The Morgan fingerprint density at radius 1 is 1.16 bits per heavy atom. The first-order valence-electron chi connectivity index (χ1n) is 7.50. The summed E-state index contributed by atoms with van der Waals surface area (Å²) in [6.45, 7) is 6.24. The normalized spacial score (nSPS) is 38.7. The summed E-state index contributed by atoms with van der Waals surface area (Å²) in [6.07, 6.45) is 4.45. The molecule has 1 saturated heterocycles. The molecule has 19 heavy (non-hydrogen) atoms. The van der Waals surface area contributed by atoms with Crippen molar-refractivity contribution in [2.75, 3.05) is 0 Å². The molecule has 0 aromatic carbocycles. The quantitative estimate of drug-likeness (QED) is 0.854. The third-order valence-corrected chi connectivity index (χ3v) is 4.94. The lowest BCUT2D eigenvalue weighted by Crippen LogP contribution is -2.45. The lowest BCUT2D eigenvalue weighted by Gasteiger charge is -2.31. The van der Waals surface area contributed by atoms with Crippen LogP contribution in [0.1, 0.15) is 52.9 Å². The Hall–Kier alpha value is -1.06. The van der Waals surface area contributed by atoms with E-state index in [-0.39, 0.29) is 17.9 Å². The molecule has 1 aliphatic carbocycles. The van der Waals surface area contributed by atoms with Gasteiger partial charge in [0.15, 0.2) is 0 Å². The second kappa shape index (κ2) is 5.51. The zero-order chi connectivity index (χ0) is 14.2. The molecule has 108 valence electrons. The molecule has 0 aromatic rings. The van der Waals surface area contributed by atoms with Crippen molar-refractivity contribution < 1.29 is 14.7 Å². The molecule has 1 heterocycles. The zero-order valence-corrected chi connectivity index (χ0v) is 12.1. The predicted molar refractivity (Wildman–Crippen MR) is 72.6 cm³/mol. The third kappa shape index (κ3) is 2.63. The summed E-state index contributed by atoms with van der Waals surface area (Å²) in [5, 5.41) is 9.31. The number of carbonyl (C=O) groups excluding carboxylic acids is 1. The van der Waals surface area contributed by atoms with Gasteiger partial charge in [0.1, 0.15) is 0 Å². The fourth-order valence-electron chi connectivity index (χ4n) is 3.90. The van der Waals surface area contributed by atoms with E-state index in [0.717, 1.165) is 25.7 Å². The predicted octanol–water partition coefficient (Wildman–Crippen LogP) is 2.52. The van der Waals surface area contributed by atoms with Crippen molar-refractivity contribution in [1.82, 2.24) is 4.90 Å². The summed E-state index contributed by atoms with van der Waals surface area (Å²) in [4.78, 5) is 26.1. The lowest BCUT2D eigenvalue weighted by atomic mass is 9.94. The Balaban J connectivity index is 2.16. The van der Waals surface area contributed by atoms with Gasteiger partial charge in [-0.1, -0.05) is 13.8 Å². The molecule has 1 N–H and O–H groups in total. The largest absolute Gasteiger partial charge is 0.481 e. The van der Waals surface area contributed by atoms with E-state index in [4.69, 9.17) is 0 Å². The molecular weight excluding hydrogens is 242 g/mol. The summed E-state index contributed by atoms with van der Waals surface area (Å²) < 4.78 is 0. The van der Waals surface area contributed by atoms with Gasteiger partial charge in [-0.15, -0.1) is 0 Å². The van der Waals surface area contributed by atoms with Gasteiger partial charge in [0.25, 0.3) is 0 Å². The molecule has 0 bridgehead atoms. The second-order valence-corrected chi connectivity index (χ2v) is 6.36. The first-order valence-corrected chi connectivity index (χ1v) is 7.50. The van der Waals surface area contributed by atoms with E-state index in [0.29, 0.717) is 18.4 Å². The maximum absolute atomic E-state index is 12.8. The van der Waals surface area contributed by atoms with Gasteiger partial charge in [-0.3, -0.25) is 9.59 Å². The van der Waals surface area contributed by atoms with Crippen molar-refractivity contribution in [3.8, 4) is 0 Å². The van der Waals surface area contributed by atoms with Crippen LogP contribution in [0.4, 0.5) is 0 Å². The van der Waals surface area contributed by atoms with Crippen LogP contribution in [0, 0.1) is 17.8 Å². The molecule has 4 nitrogen and oxygen atoms in total. The summed E-state index contributed by atoms with van der Waals surface area (Å²) in [5.41, 5.74) is 0. The van der Waals surface area contributed by atoms with Crippen molar-refractivity contribution in [2.45, 2.75) is 65.0 Å². The second-order valence-electron chi connectivity index (χ2n) is 6.36. The fraction of sp³-hybridized carbons (Fsp3) is 0.867. The van der Waals surface area contributed by atoms with Crippen LogP contribution in [0.5, 0.6) is 0 Å². The van der Waals surface area contributed by atoms with Crippen molar-refractivity contribution in [1.29, 1.82) is 0 Å². The summed E-state index contributed by atoms with van der Waals surface area (Å²) in [5.74, 6) is -1.15. The smallest absolute Gasteiger partial charge is 0.307 e. The molecule has 5 unspecified atom stereocenters. The number of likely N-dealkylation sites (tertiary alicyclic amines) is 1. The highest BCUT2D eigenvalue weighted by atomic mass is 16.4.